The minimum atomic E-state index is -0.145. The standard InChI is InChI=1S/C16H19FN2/c1-3-9-19-16(13-7-5-10-18-11-13)14-8-4-6-12(2)15(14)17/h4-8,10-11,16,19H,3,9H2,1-2H3. The summed E-state index contributed by atoms with van der Waals surface area (Å²) < 4.78 is 14.3. The zero-order valence-electron chi connectivity index (χ0n) is 11.4. The van der Waals surface area contributed by atoms with E-state index in [1.807, 2.05) is 24.3 Å². The maximum atomic E-state index is 14.3. The van der Waals surface area contributed by atoms with E-state index in [1.54, 1.807) is 25.4 Å². The van der Waals surface area contributed by atoms with Gasteiger partial charge in [-0.25, -0.2) is 4.39 Å². The number of aromatic nitrogens is 1. The molecule has 2 aromatic rings. The average Bonchev–Trinajstić information content (AvgIpc) is 2.45. The topological polar surface area (TPSA) is 24.9 Å². The van der Waals surface area contributed by atoms with Crippen LogP contribution in [0.3, 0.4) is 0 Å². The van der Waals surface area contributed by atoms with Crippen LogP contribution in [0.25, 0.3) is 0 Å². The molecule has 3 heteroatoms. The number of hydrogen-bond acceptors (Lipinski definition) is 2. The minimum Gasteiger partial charge on any atom is -0.306 e. The highest BCUT2D eigenvalue weighted by atomic mass is 19.1. The molecule has 1 unspecified atom stereocenters. The highest BCUT2D eigenvalue weighted by molar-refractivity contribution is 5.34. The van der Waals surface area contributed by atoms with Crippen LogP contribution in [0.5, 0.6) is 0 Å². The van der Waals surface area contributed by atoms with Crippen LogP contribution in [0.1, 0.15) is 36.1 Å². The largest absolute Gasteiger partial charge is 0.306 e. The van der Waals surface area contributed by atoms with Crippen molar-refractivity contribution in [1.29, 1.82) is 0 Å². The summed E-state index contributed by atoms with van der Waals surface area (Å²) in [5.74, 6) is -0.139. The van der Waals surface area contributed by atoms with E-state index in [0.29, 0.717) is 11.1 Å². The Bertz CT molecular complexity index is 526. The Labute approximate surface area is 113 Å². The maximum Gasteiger partial charge on any atom is 0.131 e. The molecule has 0 saturated heterocycles. The lowest BCUT2D eigenvalue weighted by molar-refractivity contribution is 0.541. The number of nitrogens with one attached hydrogen (secondary N) is 1. The summed E-state index contributed by atoms with van der Waals surface area (Å²) in [6.07, 6.45) is 4.52. The lowest BCUT2D eigenvalue weighted by Crippen LogP contribution is -2.24. The van der Waals surface area contributed by atoms with E-state index in [0.717, 1.165) is 18.5 Å². The summed E-state index contributed by atoms with van der Waals surface area (Å²) in [5, 5.41) is 3.39. The number of halogens is 1. The van der Waals surface area contributed by atoms with Gasteiger partial charge < -0.3 is 5.32 Å². The SMILES string of the molecule is CCCNC(c1cccnc1)c1cccc(C)c1F. The second-order valence-electron chi connectivity index (χ2n) is 4.65. The first-order chi connectivity index (χ1) is 9.24. The Kier molecular flexibility index (Phi) is 4.63. The molecule has 0 amide bonds. The molecule has 1 aromatic heterocycles. The monoisotopic (exact) mass is 258 g/mol. The van der Waals surface area contributed by atoms with Gasteiger partial charge in [-0.05, 0) is 37.1 Å². The van der Waals surface area contributed by atoms with Gasteiger partial charge in [0, 0.05) is 18.0 Å². The van der Waals surface area contributed by atoms with Crippen molar-refractivity contribution in [3.8, 4) is 0 Å². The molecule has 0 spiro atoms. The van der Waals surface area contributed by atoms with Crippen molar-refractivity contribution in [2.24, 2.45) is 0 Å². The van der Waals surface area contributed by atoms with Gasteiger partial charge in [0.15, 0.2) is 0 Å². The van der Waals surface area contributed by atoms with E-state index < -0.39 is 0 Å². The molecule has 0 saturated carbocycles. The van der Waals surface area contributed by atoms with Gasteiger partial charge in [0.2, 0.25) is 0 Å². The Morgan fingerprint density at radius 3 is 2.79 bits per heavy atom. The van der Waals surface area contributed by atoms with Gasteiger partial charge in [0.05, 0.1) is 6.04 Å². The second kappa shape index (κ2) is 6.43. The normalized spacial score (nSPS) is 12.4. The summed E-state index contributed by atoms with van der Waals surface area (Å²) >= 11 is 0. The van der Waals surface area contributed by atoms with Crippen molar-refractivity contribution < 1.29 is 4.39 Å². The van der Waals surface area contributed by atoms with Gasteiger partial charge in [0.1, 0.15) is 5.82 Å². The van der Waals surface area contributed by atoms with Crippen molar-refractivity contribution >= 4 is 0 Å². The third-order valence-corrected chi connectivity index (χ3v) is 3.15. The lowest BCUT2D eigenvalue weighted by Gasteiger charge is -2.20. The molecule has 19 heavy (non-hydrogen) atoms. The molecular weight excluding hydrogens is 239 g/mol. The Morgan fingerprint density at radius 2 is 2.11 bits per heavy atom. The molecule has 0 radical (unpaired) electrons. The van der Waals surface area contributed by atoms with E-state index in [4.69, 9.17) is 0 Å². The molecular formula is C16H19FN2. The van der Waals surface area contributed by atoms with Crippen molar-refractivity contribution in [1.82, 2.24) is 10.3 Å². The third kappa shape index (κ3) is 3.18. The van der Waals surface area contributed by atoms with Crippen LogP contribution in [-0.2, 0) is 0 Å². The predicted molar refractivity (Wildman–Crippen MR) is 75.5 cm³/mol. The molecule has 0 aliphatic carbocycles. The first kappa shape index (κ1) is 13.7. The van der Waals surface area contributed by atoms with Crippen molar-refractivity contribution in [2.75, 3.05) is 6.54 Å². The van der Waals surface area contributed by atoms with E-state index in [9.17, 15) is 4.39 Å². The van der Waals surface area contributed by atoms with E-state index >= 15 is 0 Å². The van der Waals surface area contributed by atoms with Crippen LogP contribution in [-0.4, -0.2) is 11.5 Å². The van der Waals surface area contributed by atoms with E-state index in [2.05, 4.69) is 17.2 Å². The molecule has 0 fully saturated rings. The van der Waals surface area contributed by atoms with Gasteiger partial charge in [0.25, 0.3) is 0 Å². The van der Waals surface area contributed by atoms with Crippen LogP contribution in [0.15, 0.2) is 42.7 Å². The molecule has 100 valence electrons. The van der Waals surface area contributed by atoms with Crippen LogP contribution >= 0.6 is 0 Å². The number of rotatable bonds is 5. The molecule has 0 aliphatic rings. The fraction of sp³-hybridized carbons (Fsp3) is 0.312. The first-order valence-corrected chi connectivity index (χ1v) is 6.62. The molecule has 0 bridgehead atoms. The maximum absolute atomic E-state index is 14.3. The number of aryl methyl sites for hydroxylation is 1. The fourth-order valence-corrected chi connectivity index (χ4v) is 2.14. The molecule has 0 aliphatic heterocycles. The van der Waals surface area contributed by atoms with E-state index in [-0.39, 0.29) is 11.9 Å². The molecule has 1 heterocycles. The molecule has 1 atom stereocenters. The Hall–Kier alpha value is -1.74. The van der Waals surface area contributed by atoms with Crippen molar-refractivity contribution in [3.05, 3.63) is 65.2 Å². The number of pyridine rings is 1. The van der Waals surface area contributed by atoms with Crippen molar-refractivity contribution in [3.63, 3.8) is 0 Å². The molecule has 1 aromatic carbocycles. The highest BCUT2D eigenvalue weighted by Gasteiger charge is 2.18. The Morgan fingerprint density at radius 1 is 1.26 bits per heavy atom. The van der Waals surface area contributed by atoms with E-state index in [1.165, 1.54) is 0 Å². The second-order valence-corrected chi connectivity index (χ2v) is 4.65. The molecule has 2 rings (SSSR count). The van der Waals surface area contributed by atoms with Gasteiger partial charge >= 0.3 is 0 Å². The lowest BCUT2D eigenvalue weighted by atomic mass is 9.97. The third-order valence-electron chi connectivity index (χ3n) is 3.15. The average molecular weight is 258 g/mol. The van der Waals surface area contributed by atoms with Crippen LogP contribution in [0.4, 0.5) is 4.39 Å². The highest BCUT2D eigenvalue weighted by Crippen LogP contribution is 2.25. The zero-order valence-corrected chi connectivity index (χ0v) is 11.4. The van der Waals surface area contributed by atoms with Crippen molar-refractivity contribution in [2.45, 2.75) is 26.3 Å². The predicted octanol–water partition coefficient (Wildman–Crippen LogP) is 3.62. The van der Waals surface area contributed by atoms with Crippen LogP contribution < -0.4 is 5.32 Å². The number of nitrogens with zero attached hydrogens (tertiary/aromatic N) is 1. The molecule has 1 N–H and O–H groups in total. The fourth-order valence-electron chi connectivity index (χ4n) is 2.14. The summed E-state index contributed by atoms with van der Waals surface area (Å²) in [7, 11) is 0. The van der Waals surface area contributed by atoms with Gasteiger partial charge in [-0.2, -0.15) is 0 Å². The Balaban J connectivity index is 2.40. The summed E-state index contributed by atoms with van der Waals surface area (Å²) in [4.78, 5) is 4.13. The minimum absolute atomic E-state index is 0.139. The molecule has 2 nitrogen and oxygen atoms in total. The van der Waals surface area contributed by atoms with Gasteiger partial charge in [-0.15, -0.1) is 0 Å². The number of hydrogen-bond donors (Lipinski definition) is 1. The summed E-state index contributed by atoms with van der Waals surface area (Å²) in [5.41, 5.74) is 2.34. The van der Waals surface area contributed by atoms with Gasteiger partial charge in [-0.1, -0.05) is 31.2 Å². The smallest absolute Gasteiger partial charge is 0.131 e. The van der Waals surface area contributed by atoms with Crippen LogP contribution in [0.2, 0.25) is 0 Å². The number of benzene rings is 1. The summed E-state index contributed by atoms with van der Waals surface area (Å²) in [6.45, 7) is 4.73. The first-order valence-electron chi connectivity index (χ1n) is 6.62. The quantitative estimate of drug-likeness (QED) is 0.886. The summed E-state index contributed by atoms with van der Waals surface area (Å²) in [6, 6.07) is 9.23. The van der Waals surface area contributed by atoms with Gasteiger partial charge in [-0.3, -0.25) is 4.98 Å². The zero-order chi connectivity index (χ0) is 13.7. The van der Waals surface area contributed by atoms with Crippen LogP contribution in [0, 0.1) is 12.7 Å².